The van der Waals surface area contributed by atoms with E-state index in [1.165, 1.54) is 17.1 Å². The summed E-state index contributed by atoms with van der Waals surface area (Å²) < 4.78 is 19.5. The number of unbranched alkanes of at least 4 members (excludes halogenated alkanes) is 2. The van der Waals surface area contributed by atoms with Gasteiger partial charge in [0.15, 0.2) is 5.82 Å². The number of nitrogens with zero attached hydrogens (tertiary/aromatic N) is 4. The number of hydrogen-bond acceptors (Lipinski definition) is 14. The molecule has 0 bridgehead atoms. The number of nitrogens with two attached hydrogens (primary N) is 2. The van der Waals surface area contributed by atoms with Gasteiger partial charge in [-0.2, -0.15) is 0 Å². The zero-order valence-corrected chi connectivity index (χ0v) is 42.5. The van der Waals surface area contributed by atoms with Gasteiger partial charge in [-0.15, -0.1) is 0 Å². The highest BCUT2D eigenvalue weighted by Gasteiger charge is 2.32. The van der Waals surface area contributed by atoms with Crippen LogP contribution in [-0.2, 0) is 57.9 Å². The minimum absolute atomic E-state index is 0.128. The van der Waals surface area contributed by atoms with Crippen LogP contribution in [0.25, 0.3) is 21.9 Å². The third kappa shape index (κ3) is 15.9. The molecule has 0 radical (unpaired) electrons. The summed E-state index contributed by atoms with van der Waals surface area (Å²) >= 11 is 0. The van der Waals surface area contributed by atoms with E-state index < -0.39 is 53.3 Å². The lowest BCUT2D eigenvalue weighted by molar-refractivity contribution is -0.132. The van der Waals surface area contributed by atoms with Gasteiger partial charge < -0.3 is 66.8 Å². The molecule has 392 valence electrons. The molecule has 3 heterocycles. The number of hydrogen-bond donors (Lipinski definition) is 8. The summed E-state index contributed by atoms with van der Waals surface area (Å²) in [6, 6.07) is 12.5. The quantitative estimate of drug-likeness (QED) is 0.0375. The van der Waals surface area contributed by atoms with Crippen LogP contribution in [0.4, 0.5) is 16.3 Å². The predicted octanol–water partition coefficient (Wildman–Crippen LogP) is 3.90. The Morgan fingerprint density at radius 2 is 1.65 bits per heavy atom. The highest BCUT2D eigenvalue weighted by atomic mass is 16.5. The molecule has 4 aromatic rings. The summed E-state index contributed by atoms with van der Waals surface area (Å²) in [6.07, 6.45) is 3.66. The van der Waals surface area contributed by atoms with Gasteiger partial charge in [-0.1, -0.05) is 50.6 Å². The Kier molecular flexibility index (Phi) is 20.4. The Balaban J connectivity index is 1.04. The minimum Gasteiger partial charge on any atom is -0.445 e. The normalized spacial score (nSPS) is 14.7. The van der Waals surface area contributed by atoms with Crippen LogP contribution in [-0.4, -0.2) is 122 Å². The van der Waals surface area contributed by atoms with Crippen molar-refractivity contribution in [2.45, 2.75) is 136 Å². The smallest absolute Gasteiger partial charge is 0.408 e. The number of nitrogen functional groups attached to an aromatic ring is 1. The van der Waals surface area contributed by atoms with Gasteiger partial charge in [-0.25, -0.2) is 14.8 Å². The van der Waals surface area contributed by atoms with E-state index in [9.17, 15) is 33.9 Å². The van der Waals surface area contributed by atoms with E-state index in [2.05, 4.69) is 36.1 Å². The average Bonchev–Trinajstić information content (AvgIpc) is 3.86. The highest BCUT2D eigenvalue weighted by molar-refractivity contribution is 6.06. The monoisotopic (exact) mass is 1000 g/mol. The number of para-hydroxylation sites is 1. The number of benzene rings is 2. The second-order valence-corrected chi connectivity index (χ2v) is 19.2. The fraction of sp³-hybridized carbons (Fsp3) is 0.529. The number of aliphatic hydroxyl groups excluding tert-OH is 1. The largest absolute Gasteiger partial charge is 0.445 e. The van der Waals surface area contributed by atoms with Crippen molar-refractivity contribution in [3.05, 3.63) is 72.1 Å². The van der Waals surface area contributed by atoms with Crippen LogP contribution in [0.15, 0.2) is 60.7 Å². The maximum absolute atomic E-state index is 13.5. The first-order valence-electron chi connectivity index (χ1n) is 24.6. The van der Waals surface area contributed by atoms with Crippen LogP contribution >= 0.6 is 0 Å². The third-order valence-electron chi connectivity index (χ3n) is 12.0. The molecular weight excluding hydrogens is 927 g/mol. The first-order chi connectivity index (χ1) is 34.2. The van der Waals surface area contributed by atoms with E-state index >= 15 is 0 Å². The number of amides is 6. The molecular formula is C51H73N11O10. The number of carbonyl (C=O) groups is 6. The summed E-state index contributed by atoms with van der Waals surface area (Å²) in [4.78, 5) is 88.4. The van der Waals surface area contributed by atoms with Crippen molar-refractivity contribution in [2.75, 3.05) is 43.9 Å². The van der Waals surface area contributed by atoms with Gasteiger partial charge >= 0.3 is 6.09 Å². The van der Waals surface area contributed by atoms with Gasteiger partial charge in [0, 0.05) is 43.3 Å². The lowest BCUT2D eigenvalue weighted by Crippen LogP contribution is -2.55. The molecule has 10 N–H and O–H groups in total. The minimum atomic E-state index is -1.33. The number of ether oxygens (including phenoxy) is 3. The van der Waals surface area contributed by atoms with Gasteiger partial charge in [0.25, 0.3) is 0 Å². The van der Waals surface area contributed by atoms with E-state index in [1.807, 2.05) is 45.0 Å². The van der Waals surface area contributed by atoms with Crippen LogP contribution in [0.2, 0.25) is 0 Å². The van der Waals surface area contributed by atoms with Crippen molar-refractivity contribution < 1.29 is 48.1 Å². The van der Waals surface area contributed by atoms with Crippen molar-refractivity contribution in [3.8, 4) is 0 Å². The standard InChI is InChI=1S/C51H73N11O10/c1-8-70-30-38-58-43-44(35-15-11-12-16-36(35)56-45(43)53)62(38)31-50(4,5)72-28-26-54-48(68)51(6,7)60-49(69)71-29-33-19-21-34(22-20-33)55-46(66)37(17-14-25-52)57-47(67)42(32(2)3)59-39(63)18-10-9-13-27-61-40(64)23-24-41(61)65/h11-12,15-16,19-24,32,37,40,42,64H,8-10,13-14,17-18,25-31,52H2,1-7H3,(H2,53,56)(H,54,68)(H,55,66)(H,57,67)(H,59,63)(H,60,69)/t37-,40?,42-/m0/s1. The van der Waals surface area contributed by atoms with Gasteiger partial charge in [-0.3, -0.25) is 24.0 Å². The Bertz CT molecular complexity index is 2540. The lowest BCUT2D eigenvalue weighted by atomic mass is 10.0. The van der Waals surface area contributed by atoms with Crippen molar-refractivity contribution in [1.82, 2.24) is 40.7 Å². The summed E-state index contributed by atoms with van der Waals surface area (Å²) in [5, 5.41) is 24.6. The Morgan fingerprint density at radius 3 is 2.33 bits per heavy atom. The number of rotatable bonds is 28. The fourth-order valence-electron chi connectivity index (χ4n) is 8.05. The van der Waals surface area contributed by atoms with Crippen LogP contribution in [0.1, 0.15) is 98.4 Å². The molecule has 0 spiro atoms. The molecule has 1 unspecified atom stereocenters. The van der Waals surface area contributed by atoms with Gasteiger partial charge in [0.2, 0.25) is 29.5 Å². The summed E-state index contributed by atoms with van der Waals surface area (Å²) in [5.41, 5.74) is 13.3. The maximum Gasteiger partial charge on any atom is 0.408 e. The van der Waals surface area contributed by atoms with Crippen LogP contribution < -0.4 is 38.1 Å². The van der Waals surface area contributed by atoms with E-state index in [-0.39, 0.29) is 56.9 Å². The molecule has 72 heavy (non-hydrogen) atoms. The van der Waals surface area contributed by atoms with Crippen molar-refractivity contribution in [1.29, 1.82) is 0 Å². The number of carbonyl (C=O) groups excluding carboxylic acids is 6. The maximum atomic E-state index is 13.5. The Hall–Kier alpha value is -6.68. The van der Waals surface area contributed by atoms with Crippen molar-refractivity contribution in [2.24, 2.45) is 11.7 Å². The molecule has 6 amide bonds. The van der Waals surface area contributed by atoms with Gasteiger partial charge in [-0.05, 0) is 103 Å². The molecule has 1 aliphatic heterocycles. The zero-order chi connectivity index (χ0) is 52.6. The number of aromatic nitrogens is 3. The van der Waals surface area contributed by atoms with Crippen LogP contribution in [0, 0.1) is 5.92 Å². The number of anilines is 2. The Labute approximate surface area is 420 Å². The Morgan fingerprint density at radius 1 is 0.917 bits per heavy atom. The molecule has 0 aliphatic carbocycles. The van der Waals surface area contributed by atoms with Crippen LogP contribution in [0.5, 0.6) is 0 Å². The van der Waals surface area contributed by atoms with Crippen molar-refractivity contribution in [3.63, 3.8) is 0 Å². The number of pyridine rings is 1. The van der Waals surface area contributed by atoms with E-state index in [4.69, 9.17) is 30.7 Å². The first kappa shape index (κ1) is 56.2. The second-order valence-electron chi connectivity index (χ2n) is 19.2. The number of nitrogens with one attached hydrogen (secondary N) is 5. The summed E-state index contributed by atoms with van der Waals surface area (Å²) in [6.45, 7) is 14.6. The van der Waals surface area contributed by atoms with E-state index in [0.717, 1.165) is 16.4 Å². The molecule has 2 aromatic heterocycles. The lowest BCUT2D eigenvalue weighted by Gasteiger charge is -2.28. The SMILES string of the molecule is CCOCc1nc2c(N)nc3ccccc3c2n1CC(C)(C)OCCNC(=O)C(C)(C)NC(=O)OCc1ccc(NC(=O)[C@H](CCCN)NC(=O)[C@@H](NC(=O)CCCCCN2C(=O)C=CC2O)C(C)C)cc1. The molecule has 0 fully saturated rings. The highest BCUT2D eigenvalue weighted by Crippen LogP contribution is 2.31. The number of aliphatic hydroxyl groups is 1. The molecule has 2 aromatic carbocycles. The number of fused-ring (bicyclic) bond motifs is 3. The van der Waals surface area contributed by atoms with Gasteiger partial charge in [0.1, 0.15) is 48.4 Å². The summed E-state index contributed by atoms with van der Waals surface area (Å²) in [7, 11) is 0. The van der Waals surface area contributed by atoms with Crippen molar-refractivity contribution >= 4 is 69.1 Å². The molecule has 0 saturated heterocycles. The predicted molar refractivity (Wildman–Crippen MR) is 273 cm³/mol. The molecule has 3 atom stereocenters. The van der Waals surface area contributed by atoms with E-state index in [1.54, 1.807) is 52.0 Å². The average molecular weight is 1000 g/mol. The van der Waals surface area contributed by atoms with Gasteiger partial charge in [0.05, 0.1) is 29.8 Å². The topological polar surface area (TPSA) is 296 Å². The fourth-order valence-corrected chi connectivity index (χ4v) is 8.05. The molecule has 21 heteroatoms. The molecule has 0 saturated carbocycles. The number of alkyl carbamates (subject to hydrolysis) is 1. The second kappa shape index (κ2) is 26.1. The first-order valence-corrected chi connectivity index (χ1v) is 24.6. The molecule has 21 nitrogen and oxygen atoms in total. The summed E-state index contributed by atoms with van der Waals surface area (Å²) in [5.74, 6) is -1.26. The third-order valence-corrected chi connectivity index (χ3v) is 12.0. The van der Waals surface area contributed by atoms with E-state index in [0.29, 0.717) is 80.3 Å². The zero-order valence-electron chi connectivity index (χ0n) is 42.5. The molecule has 1 aliphatic rings. The number of imidazole rings is 1. The molecule has 5 rings (SSSR count). The van der Waals surface area contributed by atoms with Crippen LogP contribution in [0.3, 0.4) is 0 Å².